The van der Waals surface area contributed by atoms with Gasteiger partial charge < -0.3 is 18.9 Å². The molecule has 0 radical (unpaired) electrons. The molecule has 194 valence electrons. The lowest BCUT2D eigenvalue weighted by atomic mass is 9.80. The summed E-state index contributed by atoms with van der Waals surface area (Å²) < 4.78 is 27.8. The minimum atomic E-state index is -1.29. The van der Waals surface area contributed by atoms with Crippen LogP contribution in [-0.4, -0.2) is 70.3 Å². The number of hydrogen-bond donors (Lipinski definition) is 0. The Morgan fingerprint density at radius 3 is 2.19 bits per heavy atom. The quantitative estimate of drug-likeness (QED) is 0.427. The molecule has 0 aliphatic carbocycles. The molecule has 0 bridgehead atoms. The van der Waals surface area contributed by atoms with Gasteiger partial charge in [-0.1, -0.05) is 46.9 Å². The molecule has 2 saturated heterocycles. The number of para-hydroxylation sites is 1. The van der Waals surface area contributed by atoms with Gasteiger partial charge in [0.25, 0.3) is 0 Å². The molecule has 0 spiro atoms. The van der Waals surface area contributed by atoms with E-state index in [4.69, 9.17) is 9.47 Å². The number of benzene rings is 2. The maximum absolute atomic E-state index is 12.7. The van der Waals surface area contributed by atoms with Crippen LogP contribution in [0.1, 0.15) is 51.7 Å². The summed E-state index contributed by atoms with van der Waals surface area (Å²) in [6, 6.07) is 17.7. The monoisotopic (exact) mass is 511 g/mol. The van der Waals surface area contributed by atoms with Gasteiger partial charge >= 0.3 is 6.09 Å². The number of rotatable bonds is 5. The van der Waals surface area contributed by atoms with Crippen molar-refractivity contribution in [3.8, 4) is 5.75 Å². The third-order valence-corrected chi connectivity index (χ3v) is 8.48. The number of amides is 1. The van der Waals surface area contributed by atoms with Crippen LogP contribution in [0.4, 0.5) is 4.79 Å². The number of carbonyl (C=O) groups excluding carboxylic acids is 1. The SMILES string of the molecule is CC(=N[S+]([O-])C(C)(C)C)c1ccc(C2(N3CCN(C(=O)Oc4ccccc4)CC3)CCOCC2)cc1. The fraction of sp³-hybridized carbons (Fsp3) is 0.500. The first kappa shape index (κ1) is 26.7. The van der Waals surface area contributed by atoms with Crippen molar-refractivity contribution in [3.63, 3.8) is 0 Å². The molecule has 2 aromatic carbocycles. The lowest BCUT2D eigenvalue weighted by molar-refractivity contribution is -0.0483. The van der Waals surface area contributed by atoms with Gasteiger partial charge in [0, 0.05) is 45.0 Å². The smallest absolute Gasteiger partial charge is 0.415 e. The van der Waals surface area contributed by atoms with E-state index in [1.54, 1.807) is 17.0 Å². The zero-order chi connectivity index (χ0) is 25.8. The molecule has 2 fully saturated rings. The zero-order valence-corrected chi connectivity index (χ0v) is 22.6. The topological polar surface area (TPSA) is 77.4 Å². The highest BCUT2D eigenvalue weighted by molar-refractivity contribution is 7.91. The van der Waals surface area contributed by atoms with E-state index in [1.165, 1.54) is 5.56 Å². The second kappa shape index (κ2) is 11.3. The molecule has 2 heterocycles. The highest BCUT2D eigenvalue weighted by atomic mass is 32.2. The third-order valence-electron chi connectivity index (χ3n) is 7.00. The van der Waals surface area contributed by atoms with Gasteiger partial charge in [0.2, 0.25) is 0 Å². The first-order valence-electron chi connectivity index (χ1n) is 12.6. The van der Waals surface area contributed by atoms with Crippen LogP contribution in [0.15, 0.2) is 59.0 Å². The highest BCUT2D eigenvalue weighted by Gasteiger charge is 2.42. The molecule has 2 aliphatic heterocycles. The van der Waals surface area contributed by atoms with Gasteiger partial charge in [0.1, 0.15) is 21.9 Å². The van der Waals surface area contributed by atoms with Crippen molar-refractivity contribution in [1.29, 1.82) is 0 Å². The molecule has 2 aliphatic rings. The maximum atomic E-state index is 12.7. The number of hydrogen-bond acceptors (Lipinski definition) is 6. The van der Waals surface area contributed by atoms with E-state index >= 15 is 0 Å². The number of piperazine rings is 1. The predicted octanol–water partition coefficient (Wildman–Crippen LogP) is 4.78. The van der Waals surface area contributed by atoms with Crippen molar-refractivity contribution in [2.75, 3.05) is 39.4 Å². The lowest BCUT2D eigenvalue weighted by Gasteiger charge is -2.49. The van der Waals surface area contributed by atoms with E-state index in [0.29, 0.717) is 32.1 Å². The minimum Gasteiger partial charge on any atom is -0.591 e. The largest absolute Gasteiger partial charge is 0.591 e. The highest BCUT2D eigenvalue weighted by Crippen LogP contribution is 2.39. The van der Waals surface area contributed by atoms with Crippen LogP contribution in [0, 0.1) is 0 Å². The van der Waals surface area contributed by atoms with Gasteiger partial charge in [0.05, 0.1) is 11.3 Å². The molecule has 2 aromatic rings. The van der Waals surface area contributed by atoms with Gasteiger partial charge in [-0.2, -0.15) is 0 Å². The predicted molar refractivity (Wildman–Crippen MR) is 144 cm³/mol. The van der Waals surface area contributed by atoms with E-state index < -0.39 is 11.4 Å². The van der Waals surface area contributed by atoms with Crippen LogP contribution in [-0.2, 0) is 21.6 Å². The van der Waals surface area contributed by atoms with Gasteiger partial charge in [-0.05, 0) is 58.2 Å². The molecule has 1 unspecified atom stereocenters. The summed E-state index contributed by atoms with van der Waals surface area (Å²) in [6.07, 6.45) is 1.51. The second-order valence-electron chi connectivity index (χ2n) is 10.4. The molecule has 4 rings (SSSR count). The Balaban J connectivity index is 1.46. The van der Waals surface area contributed by atoms with Crippen LogP contribution in [0.5, 0.6) is 5.75 Å². The summed E-state index contributed by atoms with van der Waals surface area (Å²) in [5.41, 5.74) is 2.87. The van der Waals surface area contributed by atoms with Crippen LogP contribution in [0.2, 0.25) is 0 Å². The van der Waals surface area contributed by atoms with Crippen molar-refractivity contribution in [2.24, 2.45) is 4.40 Å². The molecule has 8 heteroatoms. The van der Waals surface area contributed by atoms with Crippen LogP contribution < -0.4 is 4.74 Å². The van der Waals surface area contributed by atoms with Gasteiger partial charge in [-0.25, -0.2) is 4.79 Å². The molecule has 1 atom stereocenters. The summed E-state index contributed by atoms with van der Waals surface area (Å²) >= 11 is -1.29. The Hall–Kier alpha value is -2.39. The van der Waals surface area contributed by atoms with Gasteiger partial charge in [-0.15, -0.1) is 0 Å². The van der Waals surface area contributed by atoms with Gasteiger partial charge in [0.15, 0.2) is 0 Å². The molecule has 1 amide bonds. The molecule has 0 aromatic heterocycles. The van der Waals surface area contributed by atoms with E-state index in [1.807, 2.05) is 45.9 Å². The fourth-order valence-corrected chi connectivity index (χ4v) is 5.43. The fourth-order valence-electron chi connectivity index (χ4n) is 4.80. The standard InChI is InChI=1S/C28H37N3O4S/c1-22(29-36(33)27(2,3)4)23-10-12-24(13-11-23)28(14-20-34-21-15-28)31-18-16-30(17-19-31)26(32)35-25-8-6-5-7-9-25/h5-13H,14-21H2,1-4H3. The number of carbonyl (C=O) groups is 1. The van der Waals surface area contributed by atoms with Crippen LogP contribution >= 0.6 is 0 Å². The van der Waals surface area contributed by atoms with Crippen molar-refractivity contribution in [3.05, 3.63) is 65.7 Å². The van der Waals surface area contributed by atoms with E-state index in [-0.39, 0.29) is 16.4 Å². The van der Waals surface area contributed by atoms with Crippen LogP contribution in [0.3, 0.4) is 0 Å². The zero-order valence-electron chi connectivity index (χ0n) is 21.7. The van der Waals surface area contributed by atoms with Crippen molar-refractivity contribution >= 4 is 23.2 Å². The van der Waals surface area contributed by atoms with Crippen molar-refractivity contribution < 1.29 is 18.8 Å². The molecular formula is C28H37N3O4S. The van der Waals surface area contributed by atoms with Crippen LogP contribution in [0.25, 0.3) is 0 Å². The molecule has 36 heavy (non-hydrogen) atoms. The molecule has 0 saturated carbocycles. The van der Waals surface area contributed by atoms with Crippen molar-refractivity contribution in [2.45, 2.75) is 50.8 Å². The first-order valence-corrected chi connectivity index (χ1v) is 13.7. The Labute approximate surface area is 217 Å². The van der Waals surface area contributed by atoms with E-state index in [0.717, 1.165) is 37.2 Å². The summed E-state index contributed by atoms with van der Waals surface area (Å²) in [5, 5.41) is 0. The Morgan fingerprint density at radius 1 is 1.00 bits per heavy atom. The number of ether oxygens (including phenoxy) is 2. The summed E-state index contributed by atoms with van der Waals surface area (Å²) in [6.45, 7) is 11.9. The van der Waals surface area contributed by atoms with E-state index in [2.05, 4.69) is 33.6 Å². The lowest BCUT2D eigenvalue weighted by Crippen LogP contribution is -2.58. The molecule has 0 N–H and O–H groups in total. The Morgan fingerprint density at radius 2 is 1.61 bits per heavy atom. The molecular weight excluding hydrogens is 474 g/mol. The Bertz CT molecular complexity index is 1040. The van der Waals surface area contributed by atoms with Crippen molar-refractivity contribution in [1.82, 2.24) is 9.80 Å². The summed E-state index contributed by atoms with van der Waals surface area (Å²) in [7, 11) is 0. The van der Waals surface area contributed by atoms with E-state index in [9.17, 15) is 9.35 Å². The number of nitrogens with zero attached hydrogens (tertiary/aromatic N) is 3. The average Bonchev–Trinajstić information content (AvgIpc) is 2.89. The maximum Gasteiger partial charge on any atom is 0.415 e. The summed E-state index contributed by atoms with van der Waals surface area (Å²) in [4.78, 5) is 17.0. The van der Waals surface area contributed by atoms with Gasteiger partial charge in [-0.3, -0.25) is 4.90 Å². The normalized spacial score (nSPS) is 20.1. The first-order chi connectivity index (χ1) is 17.2. The molecule has 7 nitrogen and oxygen atoms in total. The summed E-state index contributed by atoms with van der Waals surface area (Å²) in [5.74, 6) is 0.566. The Kier molecular flexibility index (Phi) is 8.40. The minimum absolute atomic E-state index is 0.133. The third kappa shape index (κ3) is 6.11. The second-order valence-corrected chi connectivity index (χ2v) is 12.3. The average molecular weight is 512 g/mol.